The Bertz CT molecular complexity index is 590. The van der Waals surface area contributed by atoms with Gasteiger partial charge in [0.05, 0.1) is 5.69 Å². The highest BCUT2D eigenvalue weighted by molar-refractivity contribution is 7.99. The summed E-state index contributed by atoms with van der Waals surface area (Å²) in [6, 6.07) is 12.6. The van der Waals surface area contributed by atoms with E-state index in [1.165, 1.54) is 11.8 Å². The van der Waals surface area contributed by atoms with Crippen LogP contribution in [0.2, 0.25) is 0 Å². The van der Waals surface area contributed by atoms with E-state index in [0.29, 0.717) is 5.75 Å². The summed E-state index contributed by atoms with van der Waals surface area (Å²) in [5.74, 6) is -0.985. The molecule has 0 aromatic heterocycles. The first kappa shape index (κ1) is 14.5. The van der Waals surface area contributed by atoms with Crippen molar-refractivity contribution in [3.05, 3.63) is 60.2 Å². The van der Waals surface area contributed by atoms with Gasteiger partial charge in [-0.1, -0.05) is 18.2 Å². The molecule has 1 N–H and O–H groups in total. The molecule has 0 aliphatic heterocycles. The van der Waals surface area contributed by atoms with Gasteiger partial charge < -0.3 is 5.32 Å². The van der Waals surface area contributed by atoms with E-state index in [2.05, 4.69) is 5.32 Å². The first-order valence-electron chi connectivity index (χ1n) is 6.08. The number of hydrogen-bond acceptors (Lipinski definition) is 2. The van der Waals surface area contributed by atoms with Gasteiger partial charge in [0.25, 0.3) is 0 Å². The molecule has 2 aromatic carbocycles. The zero-order chi connectivity index (χ0) is 14.4. The molecule has 0 atom stereocenters. The van der Waals surface area contributed by atoms with Crippen LogP contribution in [-0.2, 0) is 4.79 Å². The van der Waals surface area contributed by atoms with Crippen molar-refractivity contribution in [2.24, 2.45) is 0 Å². The van der Waals surface area contributed by atoms with E-state index in [9.17, 15) is 13.6 Å². The minimum Gasteiger partial charge on any atom is -0.323 e. The van der Waals surface area contributed by atoms with Gasteiger partial charge in [0.15, 0.2) is 0 Å². The van der Waals surface area contributed by atoms with Crippen LogP contribution in [-0.4, -0.2) is 11.7 Å². The van der Waals surface area contributed by atoms with Crippen molar-refractivity contribution in [3.63, 3.8) is 0 Å². The summed E-state index contributed by atoms with van der Waals surface area (Å²) in [6.07, 6.45) is 0.232. The van der Waals surface area contributed by atoms with Crippen LogP contribution in [0.3, 0.4) is 0 Å². The molecule has 2 rings (SSSR count). The number of benzene rings is 2. The van der Waals surface area contributed by atoms with Crippen molar-refractivity contribution in [3.8, 4) is 0 Å². The maximum atomic E-state index is 13.3. The lowest BCUT2D eigenvalue weighted by molar-refractivity contribution is -0.115. The third-order valence-electron chi connectivity index (χ3n) is 2.54. The molecule has 0 heterocycles. The minimum absolute atomic E-state index is 0.125. The summed E-state index contributed by atoms with van der Waals surface area (Å²) in [6.45, 7) is 0. The molecule has 2 aromatic rings. The smallest absolute Gasteiger partial charge is 0.225 e. The molecule has 0 spiro atoms. The predicted octanol–water partition coefficient (Wildman–Crippen LogP) is 4.09. The third kappa shape index (κ3) is 4.35. The zero-order valence-electron chi connectivity index (χ0n) is 10.6. The second kappa shape index (κ2) is 7.05. The average molecular weight is 293 g/mol. The largest absolute Gasteiger partial charge is 0.323 e. The SMILES string of the molecule is O=C(CCSc1ccccc1)Nc1cc(F)ccc1F. The van der Waals surface area contributed by atoms with E-state index < -0.39 is 11.6 Å². The van der Waals surface area contributed by atoms with E-state index in [4.69, 9.17) is 0 Å². The fraction of sp³-hybridized carbons (Fsp3) is 0.133. The summed E-state index contributed by atoms with van der Waals surface area (Å²) >= 11 is 1.54. The molecule has 20 heavy (non-hydrogen) atoms. The quantitative estimate of drug-likeness (QED) is 0.841. The maximum absolute atomic E-state index is 13.3. The lowest BCUT2D eigenvalue weighted by Gasteiger charge is -2.06. The molecule has 0 saturated heterocycles. The molecule has 1 amide bonds. The van der Waals surface area contributed by atoms with E-state index in [0.717, 1.165) is 23.1 Å². The Hall–Kier alpha value is -1.88. The molecule has 0 aliphatic carbocycles. The topological polar surface area (TPSA) is 29.1 Å². The van der Waals surface area contributed by atoms with E-state index in [-0.39, 0.29) is 18.0 Å². The van der Waals surface area contributed by atoms with Gasteiger partial charge in [0, 0.05) is 23.1 Å². The van der Waals surface area contributed by atoms with Gasteiger partial charge in [-0.05, 0) is 24.3 Å². The molecule has 0 aliphatic rings. The zero-order valence-corrected chi connectivity index (χ0v) is 11.4. The third-order valence-corrected chi connectivity index (χ3v) is 3.56. The van der Waals surface area contributed by atoms with Gasteiger partial charge in [-0.2, -0.15) is 0 Å². The van der Waals surface area contributed by atoms with E-state index in [1.807, 2.05) is 30.3 Å². The predicted molar refractivity (Wildman–Crippen MR) is 76.8 cm³/mol. The Balaban J connectivity index is 1.82. The Kier molecular flexibility index (Phi) is 5.12. The average Bonchev–Trinajstić information content (AvgIpc) is 2.44. The summed E-state index contributed by atoms with van der Waals surface area (Å²) in [5.41, 5.74) is -0.125. The summed E-state index contributed by atoms with van der Waals surface area (Å²) in [7, 11) is 0. The fourth-order valence-electron chi connectivity index (χ4n) is 1.58. The van der Waals surface area contributed by atoms with Crippen LogP contribution >= 0.6 is 11.8 Å². The van der Waals surface area contributed by atoms with Crippen LogP contribution in [0.5, 0.6) is 0 Å². The normalized spacial score (nSPS) is 10.3. The highest BCUT2D eigenvalue weighted by Crippen LogP contribution is 2.19. The van der Waals surface area contributed by atoms with Crippen molar-refractivity contribution in [1.82, 2.24) is 0 Å². The molecule has 0 bridgehead atoms. The molecule has 2 nitrogen and oxygen atoms in total. The number of rotatable bonds is 5. The Labute approximate surface area is 120 Å². The van der Waals surface area contributed by atoms with Gasteiger partial charge in [0.1, 0.15) is 11.6 Å². The number of hydrogen-bond donors (Lipinski definition) is 1. The maximum Gasteiger partial charge on any atom is 0.225 e. The summed E-state index contributed by atoms with van der Waals surface area (Å²) in [4.78, 5) is 12.7. The number of nitrogens with one attached hydrogen (secondary N) is 1. The standard InChI is InChI=1S/C15H13F2NOS/c16-11-6-7-13(17)14(10-11)18-15(19)8-9-20-12-4-2-1-3-5-12/h1-7,10H,8-9H2,(H,18,19). The number of carbonyl (C=O) groups is 1. The van der Waals surface area contributed by atoms with Crippen molar-refractivity contribution in [2.45, 2.75) is 11.3 Å². The minimum atomic E-state index is -0.643. The number of carbonyl (C=O) groups excluding carboxylic acids is 1. The lowest BCUT2D eigenvalue weighted by Crippen LogP contribution is -2.13. The molecule has 0 fully saturated rings. The van der Waals surface area contributed by atoms with Crippen molar-refractivity contribution < 1.29 is 13.6 Å². The van der Waals surface area contributed by atoms with Crippen LogP contribution in [0.25, 0.3) is 0 Å². The molecule has 0 unspecified atom stereocenters. The van der Waals surface area contributed by atoms with Gasteiger partial charge >= 0.3 is 0 Å². The summed E-state index contributed by atoms with van der Waals surface area (Å²) in [5, 5.41) is 2.37. The van der Waals surface area contributed by atoms with Crippen molar-refractivity contribution in [2.75, 3.05) is 11.1 Å². The number of anilines is 1. The Morgan fingerprint density at radius 1 is 1.10 bits per heavy atom. The van der Waals surface area contributed by atoms with Crippen LogP contribution < -0.4 is 5.32 Å². The van der Waals surface area contributed by atoms with E-state index >= 15 is 0 Å². The highest BCUT2D eigenvalue weighted by atomic mass is 32.2. The second-order valence-electron chi connectivity index (χ2n) is 4.08. The molecular weight excluding hydrogens is 280 g/mol. The summed E-state index contributed by atoms with van der Waals surface area (Å²) < 4.78 is 26.3. The van der Waals surface area contributed by atoms with Gasteiger partial charge in [-0.15, -0.1) is 11.8 Å². The second-order valence-corrected chi connectivity index (χ2v) is 5.25. The first-order chi connectivity index (χ1) is 9.65. The highest BCUT2D eigenvalue weighted by Gasteiger charge is 2.08. The Morgan fingerprint density at radius 2 is 1.85 bits per heavy atom. The van der Waals surface area contributed by atoms with Crippen LogP contribution in [0.4, 0.5) is 14.5 Å². The van der Waals surface area contributed by atoms with Crippen LogP contribution in [0.1, 0.15) is 6.42 Å². The van der Waals surface area contributed by atoms with Crippen LogP contribution in [0, 0.1) is 11.6 Å². The Morgan fingerprint density at radius 3 is 2.60 bits per heavy atom. The van der Waals surface area contributed by atoms with E-state index in [1.54, 1.807) is 0 Å². The van der Waals surface area contributed by atoms with Gasteiger partial charge in [-0.25, -0.2) is 8.78 Å². The number of amides is 1. The number of thioether (sulfide) groups is 1. The molecular formula is C15H13F2NOS. The fourth-order valence-corrected chi connectivity index (χ4v) is 2.46. The van der Waals surface area contributed by atoms with Gasteiger partial charge in [0.2, 0.25) is 5.91 Å². The molecule has 5 heteroatoms. The van der Waals surface area contributed by atoms with Crippen LogP contribution in [0.15, 0.2) is 53.4 Å². The number of halogens is 2. The monoisotopic (exact) mass is 293 g/mol. The molecule has 104 valence electrons. The van der Waals surface area contributed by atoms with Crippen molar-refractivity contribution >= 4 is 23.4 Å². The van der Waals surface area contributed by atoms with Crippen molar-refractivity contribution in [1.29, 1.82) is 0 Å². The first-order valence-corrected chi connectivity index (χ1v) is 7.06. The molecule has 0 saturated carbocycles. The molecule has 0 radical (unpaired) electrons. The lowest BCUT2D eigenvalue weighted by atomic mass is 10.3. The van der Waals surface area contributed by atoms with Gasteiger partial charge in [-0.3, -0.25) is 4.79 Å².